The van der Waals surface area contributed by atoms with Gasteiger partial charge in [-0.2, -0.15) is 0 Å². The van der Waals surface area contributed by atoms with E-state index in [1.54, 1.807) is 12.2 Å². The lowest BCUT2D eigenvalue weighted by molar-refractivity contribution is -0.107. The Morgan fingerprint density at radius 1 is 1.21 bits per heavy atom. The topological polar surface area (TPSA) is 34.1 Å². The Balaban J connectivity index is 2.98. The number of rotatable bonds is 4. The highest BCUT2D eigenvalue weighted by molar-refractivity contribution is 5.81. The first-order valence-electron chi connectivity index (χ1n) is 4.13. The first-order chi connectivity index (χ1) is 6.77. The summed E-state index contributed by atoms with van der Waals surface area (Å²) in [7, 11) is 0. The molecule has 14 heavy (non-hydrogen) atoms. The molecule has 1 aromatic carbocycles. The maximum absolute atomic E-state index is 12.8. The molecule has 0 bridgehead atoms. The van der Waals surface area contributed by atoms with Gasteiger partial charge < -0.3 is 4.79 Å². The van der Waals surface area contributed by atoms with Crippen LogP contribution in [0.5, 0.6) is 0 Å². The number of hydrogen-bond acceptors (Lipinski definition) is 2. The van der Waals surface area contributed by atoms with Gasteiger partial charge in [-0.05, 0) is 23.8 Å². The Hall–Kier alpha value is -1.77. The van der Waals surface area contributed by atoms with E-state index >= 15 is 0 Å². The molecule has 1 rings (SSSR count). The van der Waals surface area contributed by atoms with Crippen molar-refractivity contribution in [2.75, 3.05) is 0 Å². The highest BCUT2D eigenvalue weighted by Crippen LogP contribution is 2.11. The minimum atomic E-state index is -0.402. The average molecular weight is 192 g/mol. The summed E-state index contributed by atoms with van der Waals surface area (Å²) >= 11 is 0. The second-order valence-electron chi connectivity index (χ2n) is 2.70. The predicted molar refractivity (Wildman–Crippen MR) is 51.5 cm³/mol. The van der Waals surface area contributed by atoms with Crippen molar-refractivity contribution in [3.63, 3.8) is 0 Å². The van der Waals surface area contributed by atoms with Gasteiger partial charge in [-0.3, -0.25) is 4.79 Å². The van der Waals surface area contributed by atoms with Crippen molar-refractivity contribution in [3.8, 4) is 0 Å². The molecule has 0 aromatic heterocycles. The van der Waals surface area contributed by atoms with Gasteiger partial charge in [-0.1, -0.05) is 12.2 Å². The summed E-state index contributed by atoms with van der Waals surface area (Å²) in [5, 5.41) is 0. The van der Waals surface area contributed by atoms with Gasteiger partial charge in [0.25, 0.3) is 0 Å². The Labute approximate surface area is 81.1 Å². The summed E-state index contributed by atoms with van der Waals surface area (Å²) < 4.78 is 12.8. The summed E-state index contributed by atoms with van der Waals surface area (Å²) in [5.41, 5.74) is 0.899. The van der Waals surface area contributed by atoms with Crippen LogP contribution in [-0.4, -0.2) is 12.6 Å². The first kappa shape index (κ1) is 10.3. The largest absolute Gasteiger partial charge is 0.303 e. The molecule has 2 nitrogen and oxygen atoms in total. The maximum Gasteiger partial charge on any atom is 0.150 e. The third-order valence-corrected chi connectivity index (χ3v) is 1.71. The van der Waals surface area contributed by atoms with Gasteiger partial charge in [0.2, 0.25) is 0 Å². The quantitative estimate of drug-likeness (QED) is 0.685. The lowest BCUT2D eigenvalue weighted by Gasteiger charge is -1.97. The van der Waals surface area contributed by atoms with E-state index in [4.69, 9.17) is 0 Å². The number of carbonyl (C=O) groups is 2. The van der Waals surface area contributed by atoms with Gasteiger partial charge >= 0.3 is 0 Å². The van der Waals surface area contributed by atoms with E-state index in [9.17, 15) is 14.0 Å². The van der Waals surface area contributed by atoms with Crippen LogP contribution in [0.15, 0.2) is 24.3 Å². The SMILES string of the molecule is O=CCC=Cc1cc(F)ccc1C=O. The van der Waals surface area contributed by atoms with Crippen LogP contribution >= 0.6 is 0 Å². The van der Waals surface area contributed by atoms with Crippen molar-refractivity contribution < 1.29 is 14.0 Å². The van der Waals surface area contributed by atoms with Crippen molar-refractivity contribution in [2.24, 2.45) is 0 Å². The lowest BCUT2D eigenvalue weighted by Crippen LogP contribution is -1.87. The summed E-state index contributed by atoms with van der Waals surface area (Å²) in [6, 6.07) is 3.88. The van der Waals surface area contributed by atoms with Gasteiger partial charge in [-0.15, -0.1) is 0 Å². The van der Waals surface area contributed by atoms with Gasteiger partial charge in [0.05, 0.1) is 0 Å². The molecule has 0 spiro atoms. The highest BCUT2D eigenvalue weighted by Gasteiger charge is 1.99. The molecule has 72 valence electrons. The predicted octanol–water partition coefficient (Wildman–Crippen LogP) is 2.24. The molecule has 0 radical (unpaired) electrons. The van der Waals surface area contributed by atoms with Crippen molar-refractivity contribution in [1.29, 1.82) is 0 Å². The van der Waals surface area contributed by atoms with Crippen LogP contribution in [0.2, 0.25) is 0 Å². The van der Waals surface area contributed by atoms with Crippen LogP contribution in [0.3, 0.4) is 0 Å². The monoisotopic (exact) mass is 192 g/mol. The van der Waals surface area contributed by atoms with E-state index in [-0.39, 0.29) is 6.42 Å². The highest BCUT2D eigenvalue weighted by atomic mass is 19.1. The smallest absolute Gasteiger partial charge is 0.150 e. The molecule has 3 heteroatoms. The number of hydrogen-bond donors (Lipinski definition) is 0. The molecule has 0 amide bonds. The van der Waals surface area contributed by atoms with Crippen LogP contribution in [0.4, 0.5) is 4.39 Å². The van der Waals surface area contributed by atoms with Crippen molar-refractivity contribution >= 4 is 18.6 Å². The van der Waals surface area contributed by atoms with E-state index < -0.39 is 5.82 Å². The summed E-state index contributed by atoms with van der Waals surface area (Å²) in [5.74, 6) is -0.402. The standard InChI is InChI=1S/C11H9FO2/c12-11-5-4-10(8-14)9(7-11)3-1-2-6-13/h1,3-8H,2H2. The average Bonchev–Trinajstić information content (AvgIpc) is 2.19. The summed E-state index contributed by atoms with van der Waals surface area (Å²) in [6.45, 7) is 0. The molecule has 0 heterocycles. The second kappa shape index (κ2) is 5.07. The lowest BCUT2D eigenvalue weighted by atomic mass is 10.1. The van der Waals surface area contributed by atoms with Gasteiger partial charge in [0.15, 0.2) is 6.29 Å². The van der Waals surface area contributed by atoms with Crippen molar-refractivity contribution in [1.82, 2.24) is 0 Å². The third kappa shape index (κ3) is 2.62. The minimum Gasteiger partial charge on any atom is -0.303 e. The maximum atomic E-state index is 12.8. The minimum absolute atomic E-state index is 0.259. The van der Waals surface area contributed by atoms with Crippen LogP contribution < -0.4 is 0 Å². The first-order valence-corrected chi connectivity index (χ1v) is 4.13. The number of carbonyl (C=O) groups excluding carboxylic acids is 2. The van der Waals surface area contributed by atoms with Gasteiger partial charge in [0, 0.05) is 12.0 Å². The molecule has 0 fully saturated rings. The zero-order valence-corrected chi connectivity index (χ0v) is 7.44. The molecule has 0 atom stereocenters. The number of allylic oxidation sites excluding steroid dienone is 1. The zero-order valence-electron chi connectivity index (χ0n) is 7.44. The molecule has 0 N–H and O–H groups in total. The van der Waals surface area contributed by atoms with Gasteiger partial charge in [-0.25, -0.2) is 4.39 Å². The number of aldehydes is 2. The fraction of sp³-hybridized carbons (Fsp3) is 0.0909. The Morgan fingerprint density at radius 2 is 2.00 bits per heavy atom. The zero-order chi connectivity index (χ0) is 10.4. The molecular formula is C11H9FO2. The van der Waals surface area contributed by atoms with E-state index in [0.29, 0.717) is 17.4 Å². The molecule has 0 unspecified atom stereocenters. The molecule has 0 saturated heterocycles. The van der Waals surface area contributed by atoms with Crippen molar-refractivity contribution in [2.45, 2.75) is 6.42 Å². The Bertz CT molecular complexity index is 370. The molecule has 1 aromatic rings. The number of benzene rings is 1. The summed E-state index contributed by atoms with van der Waals surface area (Å²) in [4.78, 5) is 20.6. The second-order valence-corrected chi connectivity index (χ2v) is 2.70. The molecule has 0 saturated carbocycles. The third-order valence-electron chi connectivity index (χ3n) is 1.71. The van der Waals surface area contributed by atoms with E-state index in [1.165, 1.54) is 18.2 Å². The number of halogens is 1. The molecular weight excluding hydrogens is 183 g/mol. The van der Waals surface area contributed by atoms with Crippen LogP contribution in [0.1, 0.15) is 22.3 Å². The van der Waals surface area contributed by atoms with Gasteiger partial charge in [0.1, 0.15) is 12.1 Å². The van der Waals surface area contributed by atoms with Crippen LogP contribution in [0.25, 0.3) is 6.08 Å². The molecule has 0 aliphatic rings. The fourth-order valence-corrected chi connectivity index (χ4v) is 1.05. The fourth-order valence-electron chi connectivity index (χ4n) is 1.05. The summed E-state index contributed by atoms with van der Waals surface area (Å²) in [6.07, 6.45) is 4.78. The normalized spacial score (nSPS) is 10.4. The van der Waals surface area contributed by atoms with E-state index in [2.05, 4.69) is 0 Å². The van der Waals surface area contributed by atoms with Crippen molar-refractivity contribution in [3.05, 3.63) is 41.2 Å². The Kier molecular flexibility index (Phi) is 3.73. The molecule has 0 aliphatic heterocycles. The van der Waals surface area contributed by atoms with Crippen LogP contribution in [-0.2, 0) is 4.79 Å². The van der Waals surface area contributed by atoms with Crippen LogP contribution in [0, 0.1) is 5.82 Å². The Morgan fingerprint density at radius 3 is 2.64 bits per heavy atom. The molecule has 0 aliphatic carbocycles. The van der Waals surface area contributed by atoms with E-state index in [0.717, 1.165) is 6.29 Å². The van der Waals surface area contributed by atoms with E-state index in [1.807, 2.05) is 0 Å².